The van der Waals surface area contributed by atoms with E-state index in [0.29, 0.717) is 21.7 Å². The number of para-hydroxylation sites is 1. The number of amides is 1. The number of carbonyl (C=O) groups excluding carboxylic acids is 1. The smallest absolute Gasteiger partial charge is 0.280 e. The van der Waals surface area contributed by atoms with Crippen molar-refractivity contribution >= 4 is 55.2 Å². The van der Waals surface area contributed by atoms with E-state index < -0.39 is 0 Å². The van der Waals surface area contributed by atoms with Crippen molar-refractivity contribution in [2.24, 2.45) is 5.10 Å². The highest BCUT2D eigenvalue weighted by atomic mass is 79.9. The van der Waals surface area contributed by atoms with Crippen LogP contribution in [0.3, 0.4) is 0 Å². The molecule has 1 amide bonds. The third-order valence-corrected chi connectivity index (χ3v) is 4.72. The molecular formula is C15H10Br2N2O2. The Hall–Kier alpha value is -1.66. The summed E-state index contributed by atoms with van der Waals surface area (Å²) in [5.74, 6) is 0.420. The first-order valence-electron chi connectivity index (χ1n) is 6.18. The number of nitrogens with zero attached hydrogens (tertiary/aromatic N) is 2. The van der Waals surface area contributed by atoms with Gasteiger partial charge in [0.25, 0.3) is 5.91 Å². The van der Waals surface area contributed by atoms with Gasteiger partial charge in [0.15, 0.2) is 4.67 Å². The van der Waals surface area contributed by atoms with Crippen LogP contribution in [0.4, 0.5) is 5.69 Å². The number of furan rings is 1. The summed E-state index contributed by atoms with van der Waals surface area (Å²) in [4.78, 5) is 12.5. The van der Waals surface area contributed by atoms with Crippen molar-refractivity contribution < 1.29 is 9.21 Å². The maximum absolute atomic E-state index is 12.5. The summed E-state index contributed by atoms with van der Waals surface area (Å²) in [7, 11) is 0. The van der Waals surface area contributed by atoms with Gasteiger partial charge in [0.2, 0.25) is 0 Å². The monoisotopic (exact) mass is 408 g/mol. The molecule has 6 heteroatoms. The predicted molar refractivity (Wildman–Crippen MR) is 89.1 cm³/mol. The van der Waals surface area contributed by atoms with Gasteiger partial charge in [0.05, 0.1) is 21.4 Å². The average molecular weight is 410 g/mol. The second kappa shape index (κ2) is 5.61. The molecule has 0 spiro atoms. The number of halogens is 2. The van der Waals surface area contributed by atoms with Crippen molar-refractivity contribution in [3.63, 3.8) is 0 Å². The van der Waals surface area contributed by atoms with Gasteiger partial charge in [-0.15, -0.1) is 0 Å². The lowest BCUT2D eigenvalue weighted by Gasteiger charge is -2.10. The van der Waals surface area contributed by atoms with Crippen LogP contribution in [-0.2, 0) is 4.79 Å². The molecule has 0 bridgehead atoms. The summed E-state index contributed by atoms with van der Waals surface area (Å²) in [6, 6.07) is 11.1. The molecule has 0 N–H and O–H groups in total. The first-order valence-corrected chi connectivity index (χ1v) is 7.76. The van der Waals surface area contributed by atoms with Gasteiger partial charge in [-0.2, -0.15) is 10.1 Å². The van der Waals surface area contributed by atoms with Gasteiger partial charge in [-0.3, -0.25) is 4.79 Å². The third-order valence-electron chi connectivity index (χ3n) is 3.01. The number of hydrogen-bond donors (Lipinski definition) is 0. The van der Waals surface area contributed by atoms with Crippen molar-refractivity contribution in [3.8, 4) is 0 Å². The lowest BCUT2D eigenvalue weighted by molar-refractivity contribution is -0.114. The molecular weight excluding hydrogens is 400 g/mol. The maximum Gasteiger partial charge on any atom is 0.280 e. The second-order valence-electron chi connectivity index (χ2n) is 4.47. The Morgan fingerprint density at radius 1 is 1.24 bits per heavy atom. The van der Waals surface area contributed by atoms with Crippen LogP contribution >= 0.6 is 31.9 Å². The normalized spacial score (nSPS) is 16.7. The van der Waals surface area contributed by atoms with Gasteiger partial charge in [-0.05, 0) is 63.1 Å². The summed E-state index contributed by atoms with van der Waals surface area (Å²) in [6.45, 7) is 1.81. The van der Waals surface area contributed by atoms with E-state index >= 15 is 0 Å². The Morgan fingerprint density at radius 3 is 2.57 bits per heavy atom. The molecule has 4 nitrogen and oxygen atoms in total. The van der Waals surface area contributed by atoms with Crippen LogP contribution in [0.15, 0.2) is 60.6 Å². The van der Waals surface area contributed by atoms with E-state index in [0.717, 1.165) is 10.2 Å². The SMILES string of the molecule is CC1=NN(c2ccccc2)C(=O)C1=Cc1cc(Br)c(Br)o1. The summed E-state index contributed by atoms with van der Waals surface area (Å²) in [5.41, 5.74) is 1.92. The quantitative estimate of drug-likeness (QED) is 0.679. The molecule has 0 aliphatic carbocycles. The van der Waals surface area contributed by atoms with Crippen molar-refractivity contribution in [1.82, 2.24) is 0 Å². The zero-order valence-electron chi connectivity index (χ0n) is 11.0. The van der Waals surface area contributed by atoms with Gasteiger partial charge in [-0.1, -0.05) is 18.2 Å². The number of anilines is 1. The predicted octanol–water partition coefficient (Wildman–Crippen LogP) is 4.61. The van der Waals surface area contributed by atoms with E-state index in [1.54, 1.807) is 19.1 Å². The highest BCUT2D eigenvalue weighted by molar-refractivity contribution is 9.13. The lowest BCUT2D eigenvalue weighted by atomic mass is 10.1. The van der Waals surface area contributed by atoms with Crippen LogP contribution in [0.2, 0.25) is 0 Å². The standard InChI is InChI=1S/C15H10Br2N2O2/c1-9-12(7-11-8-13(16)14(17)21-11)15(20)19(18-9)10-5-3-2-4-6-10/h2-8H,1H3. The molecule has 0 saturated carbocycles. The van der Waals surface area contributed by atoms with E-state index in [2.05, 4.69) is 37.0 Å². The minimum atomic E-state index is -0.164. The molecule has 0 saturated heterocycles. The highest BCUT2D eigenvalue weighted by Gasteiger charge is 2.28. The van der Waals surface area contributed by atoms with Crippen LogP contribution in [0.25, 0.3) is 6.08 Å². The Kier molecular flexibility index (Phi) is 3.82. The minimum Gasteiger partial charge on any atom is -0.449 e. The Morgan fingerprint density at radius 2 is 1.95 bits per heavy atom. The first kappa shape index (κ1) is 14.3. The van der Waals surface area contributed by atoms with E-state index in [4.69, 9.17) is 4.42 Å². The van der Waals surface area contributed by atoms with Gasteiger partial charge in [0, 0.05) is 0 Å². The van der Waals surface area contributed by atoms with Crippen molar-refractivity contribution in [1.29, 1.82) is 0 Å². The zero-order valence-corrected chi connectivity index (χ0v) is 14.2. The maximum atomic E-state index is 12.5. The largest absolute Gasteiger partial charge is 0.449 e. The number of rotatable bonds is 2. The number of hydrazone groups is 1. The molecule has 21 heavy (non-hydrogen) atoms. The fourth-order valence-electron chi connectivity index (χ4n) is 2.01. The summed E-state index contributed by atoms with van der Waals surface area (Å²) >= 11 is 6.62. The van der Waals surface area contributed by atoms with Gasteiger partial charge in [-0.25, -0.2) is 0 Å². The third kappa shape index (κ3) is 2.73. The highest BCUT2D eigenvalue weighted by Crippen LogP contribution is 2.30. The molecule has 0 unspecified atom stereocenters. The first-order chi connectivity index (χ1) is 10.1. The van der Waals surface area contributed by atoms with Gasteiger partial charge in [0.1, 0.15) is 5.76 Å². The Bertz CT molecular complexity index is 744. The molecule has 1 aliphatic heterocycles. The zero-order chi connectivity index (χ0) is 15.0. The van der Waals surface area contributed by atoms with Crippen molar-refractivity contribution in [2.75, 3.05) is 5.01 Å². The molecule has 1 aromatic heterocycles. The average Bonchev–Trinajstić information content (AvgIpc) is 2.94. The molecule has 0 atom stereocenters. The molecule has 0 radical (unpaired) electrons. The Balaban J connectivity index is 1.96. The fraction of sp³-hybridized carbons (Fsp3) is 0.0667. The Labute approximate surface area is 138 Å². The minimum absolute atomic E-state index is 0.164. The van der Waals surface area contributed by atoms with Crippen LogP contribution in [0.5, 0.6) is 0 Å². The van der Waals surface area contributed by atoms with Gasteiger partial charge >= 0.3 is 0 Å². The molecule has 1 aliphatic rings. The molecule has 1 aromatic carbocycles. The fourth-order valence-corrected chi connectivity index (χ4v) is 2.61. The lowest BCUT2D eigenvalue weighted by Crippen LogP contribution is -2.21. The van der Waals surface area contributed by atoms with E-state index in [-0.39, 0.29) is 5.91 Å². The van der Waals surface area contributed by atoms with Crippen LogP contribution in [0, 0.1) is 0 Å². The number of carbonyl (C=O) groups is 1. The number of benzene rings is 1. The molecule has 2 aromatic rings. The summed E-state index contributed by atoms with van der Waals surface area (Å²) < 4.78 is 6.87. The van der Waals surface area contributed by atoms with Crippen molar-refractivity contribution in [3.05, 3.63) is 56.9 Å². The summed E-state index contributed by atoms with van der Waals surface area (Å²) in [6.07, 6.45) is 1.69. The topological polar surface area (TPSA) is 45.8 Å². The molecule has 106 valence electrons. The van der Waals surface area contributed by atoms with Crippen molar-refractivity contribution in [2.45, 2.75) is 6.92 Å². The summed E-state index contributed by atoms with van der Waals surface area (Å²) in [5, 5.41) is 5.71. The number of hydrogen-bond acceptors (Lipinski definition) is 3. The molecule has 0 fully saturated rings. The van der Waals surface area contributed by atoms with E-state index in [1.165, 1.54) is 5.01 Å². The van der Waals surface area contributed by atoms with Crippen LogP contribution in [0.1, 0.15) is 12.7 Å². The molecule has 3 rings (SSSR count). The van der Waals surface area contributed by atoms with Crippen LogP contribution in [-0.4, -0.2) is 11.6 Å². The van der Waals surface area contributed by atoms with E-state index in [9.17, 15) is 4.79 Å². The van der Waals surface area contributed by atoms with Crippen LogP contribution < -0.4 is 5.01 Å². The second-order valence-corrected chi connectivity index (χ2v) is 6.04. The van der Waals surface area contributed by atoms with Gasteiger partial charge < -0.3 is 4.42 Å². The van der Waals surface area contributed by atoms with E-state index in [1.807, 2.05) is 30.3 Å². The molecule has 2 heterocycles.